The third kappa shape index (κ3) is 3.98. The summed E-state index contributed by atoms with van der Waals surface area (Å²) in [6.07, 6.45) is 15.6. The van der Waals surface area contributed by atoms with Gasteiger partial charge in [0.1, 0.15) is 11.2 Å². The summed E-state index contributed by atoms with van der Waals surface area (Å²) >= 11 is 0. The van der Waals surface area contributed by atoms with Gasteiger partial charge in [0.25, 0.3) is 0 Å². The number of rotatable bonds is 5. The standard InChI is InChI=1S/C27H27N9O/c37-27(16-5-4-6-16)31-19-9-17(11-28-13-19)18-10-20-23(34-35-25(20)30-12-18)26-32-21-14-29-15-22(24(21)33-26)36-7-2-1-3-8-36/h9-16H,1-8H2,(H,31,37)(H,32,33)(H,30,34,35). The molecule has 2 fully saturated rings. The van der Waals surface area contributed by atoms with Crippen LogP contribution < -0.4 is 10.2 Å². The Bertz CT molecular complexity index is 1610. The third-order valence-electron chi connectivity index (χ3n) is 7.53. The molecule has 10 nitrogen and oxygen atoms in total. The van der Waals surface area contributed by atoms with Crippen molar-refractivity contribution in [2.24, 2.45) is 5.92 Å². The molecule has 1 amide bonds. The topological polar surface area (TPSA) is 128 Å². The number of fused-ring (bicyclic) bond motifs is 2. The van der Waals surface area contributed by atoms with Crippen molar-refractivity contribution in [3.05, 3.63) is 43.1 Å². The highest BCUT2D eigenvalue weighted by Crippen LogP contribution is 2.33. The first kappa shape index (κ1) is 21.9. The van der Waals surface area contributed by atoms with Gasteiger partial charge in [0.05, 0.1) is 40.9 Å². The van der Waals surface area contributed by atoms with Gasteiger partial charge < -0.3 is 15.2 Å². The van der Waals surface area contributed by atoms with E-state index in [0.29, 0.717) is 17.2 Å². The van der Waals surface area contributed by atoms with Gasteiger partial charge in [-0.25, -0.2) is 9.97 Å². The van der Waals surface area contributed by atoms with E-state index in [9.17, 15) is 4.79 Å². The number of H-pyrrole nitrogens is 2. The normalized spacial score (nSPS) is 16.3. The lowest BCUT2D eigenvalue weighted by molar-refractivity contribution is -0.122. The van der Waals surface area contributed by atoms with E-state index in [1.54, 1.807) is 18.6 Å². The van der Waals surface area contributed by atoms with Crippen LogP contribution in [0, 0.1) is 5.92 Å². The van der Waals surface area contributed by atoms with Gasteiger partial charge in [0, 0.05) is 42.5 Å². The van der Waals surface area contributed by atoms with Crippen molar-refractivity contribution in [2.45, 2.75) is 38.5 Å². The Labute approximate surface area is 213 Å². The number of hydrogen-bond acceptors (Lipinski definition) is 7. The maximum Gasteiger partial charge on any atom is 0.227 e. The van der Waals surface area contributed by atoms with Crippen molar-refractivity contribution in [1.82, 2.24) is 35.1 Å². The zero-order valence-electron chi connectivity index (χ0n) is 20.4. The van der Waals surface area contributed by atoms with Gasteiger partial charge in [0.15, 0.2) is 11.5 Å². The summed E-state index contributed by atoms with van der Waals surface area (Å²) < 4.78 is 0. The van der Waals surface area contributed by atoms with Crippen LogP contribution in [0.25, 0.3) is 44.7 Å². The zero-order valence-corrected chi connectivity index (χ0v) is 20.4. The fourth-order valence-electron chi connectivity index (χ4n) is 5.22. The molecule has 1 saturated carbocycles. The summed E-state index contributed by atoms with van der Waals surface area (Å²) in [6.45, 7) is 2.05. The van der Waals surface area contributed by atoms with E-state index in [1.165, 1.54) is 19.3 Å². The Hall–Kier alpha value is -4.34. The molecule has 37 heavy (non-hydrogen) atoms. The molecule has 10 heteroatoms. The number of nitrogens with one attached hydrogen (secondary N) is 3. The summed E-state index contributed by atoms with van der Waals surface area (Å²) in [5.74, 6) is 0.881. The first-order valence-corrected chi connectivity index (χ1v) is 12.9. The van der Waals surface area contributed by atoms with E-state index in [1.807, 2.05) is 24.5 Å². The van der Waals surface area contributed by atoms with Crippen LogP contribution in [-0.2, 0) is 4.79 Å². The van der Waals surface area contributed by atoms with Gasteiger partial charge in [-0.15, -0.1) is 0 Å². The van der Waals surface area contributed by atoms with Gasteiger partial charge in [-0.2, -0.15) is 5.10 Å². The van der Waals surface area contributed by atoms with E-state index in [2.05, 4.69) is 40.3 Å². The van der Waals surface area contributed by atoms with Crippen LogP contribution in [0.3, 0.4) is 0 Å². The second-order valence-corrected chi connectivity index (χ2v) is 9.96. The molecule has 0 aromatic carbocycles. The Morgan fingerprint density at radius 1 is 0.946 bits per heavy atom. The van der Waals surface area contributed by atoms with Crippen molar-refractivity contribution in [2.75, 3.05) is 23.3 Å². The van der Waals surface area contributed by atoms with Crippen molar-refractivity contribution in [3.8, 4) is 22.6 Å². The lowest BCUT2D eigenvalue weighted by Gasteiger charge is -2.28. The van der Waals surface area contributed by atoms with Crippen molar-refractivity contribution < 1.29 is 4.79 Å². The van der Waals surface area contributed by atoms with E-state index in [4.69, 9.17) is 4.98 Å². The predicted octanol–water partition coefficient (Wildman–Crippen LogP) is 4.69. The largest absolute Gasteiger partial charge is 0.368 e. The fraction of sp³-hybridized carbons (Fsp3) is 0.333. The van der Waals surface area contributed by atoms with Crippen molar-refractivity contribution in [1.29, 1.82) is 0 Å². The number of pyridine rings is 3. The van der Waals surface area contributed by atoms with Gasteiger partial charge in [-0.05, 0) is 44.2 Å². The number of amides is 1. The second-order valence-electron chi connectivity index (χ2n) is 9.96. The molecule has 6 heterocycles. The molecule has 3 N–H and O–H groups in total. The van der Waals surface area contributed by atoms with Crippen LogP contribution >= 0.6 is 0 Å². The van der Waals surface area contributed by atoms with Gasteiger partial charge in [0.2, 0.25) is 5.91 Å². The van der Waals surface area contributed by atoms with Crippen molar-refractivity contribution >= 4 is 39.3 Å². The first-order chi connectivity index (χ1) is 18.2. The Balaban J connectivity index is 1.23. The van der Waals surface area contributed by atoms with Crippen molar-refractivity contribution in [3.63, 3.8) is 0 Å². The molecule has 1 aliphatic carbocycles. The van der Waals surface area contributed by atoms with E-state index < -0.39 is 0 Å². The molecule has 1 aliphatic heterocycles. The van der Waals surface area contributed by atoms with Crippen LogP contribution in [0.15, 0.2) is 43.1 Å². The van der Waals surface area contributed by atoms with Crippen LogP contribution in [0.2, 0.25) is 0 Å². The number of aromatic amines is 2. The molecule has 0 unspecified atom stereocenters. The summed E-state index contributed by atoms with van der Waals surface area (Å²) in [4.78, 5) is 36.5. The van der Waals surface area contributed by atoms with Gasteiger partial charge >= 0.3 is 0 Å². The molecule has 5 aromatic heterocycles. The molecule has 0 spiro atoms. The number of imidazole rings is 1. The quantitative estimate of drug-likeness (QED) is 0.324. The SMILES string of the molecule is O=C(Nc1cncc(-c2cnc3n[nH]c(-c4nc5c(N6CCCCC6)cncc5[nH]4)c3c2)c1)C1CCC1. The molecule has 1 saturated heterocycles. The Kier molecular flexibility index (Phi) is 5.30. The number of aromatic nitrogens is 7. The van der Waals surface area contributed by atoms with Crippen LogP contribution in [0.4, 0.5) is 11.4 Å². The number of piperidine rings is 1. The van der Waals surface area contributed by atoms with Crippen LogP contribution in [0.5, 0.6) is 0 Å². The van der Waals surface area contributed by atoms with Crippen LogP contribution in [-0.4, -0.2) is 54.1 Å². The highest BCUT2D eigenvalue weighted by Gasteiger charge is 2.25. The smallest absolute Gasteiger partial charge is 0.227 e. The van der Waals surface area contributed by atoms with E-state index in [-0.39, 0.29) is 11.8 Å². The fourth-order valence-corrected chi connectivity index (χ4v) is 5.22. The highest BCUT2D eigenvalue weighted by atomic mass is 16.1. The minimum Gasteiger partial charge on any atom is -0.368 e. The maximum atomic E-state index is 12.4. The number of carbonyl (C=O) groups excluding carboxylic acids is 1. The average molecular weight is 494 g/mol. The lowest BCUT2D eigenvalue weighted by Crippen LogP contribution is -2.29. The van der Waals surface area contributed by atoms with Gasteiger partial charge in [-0.1, -0.05) is 6.42 Å². The summed E-state index contributed by atoms with van der Waals surface area (Å²) in [7, 11) is 0. The van der Waals surface area contributed by atoms with E-state index >= 15 is 0 Å². The summed E-state index contributed by atoms with van der Waals surface area (Å²) in [6, 6.07) is 3.97. The molecular formula is C27H27N9O. The summed E-state index contributed by atoms with van der Waals surface area (Å²) in [5, 5.41) is 11.4. The molecule has 186 valence electrons. The Morgan fingerprint density at radius 3 is 2.62 bits per heavy atom. The minimum atomic E-state index is 0.0687. The summed E-state index contributed by atoms with van der Waals surface area (Å²) in [5.41, 5.74) is 6.69. The second kappa shape index (κ2) is 8.95. The molecule has 2 aliphatic rings. The lowest BCUT2D eigenvalue weighted by atomic mass is 9.85. The van der Waals surface area contributed by atoms with E-state index in [0.717, 1.165) is 71.3 Å². The molecular weight excluding hydrogens is 466 g/mol. The molecule has 5 aromatic rings. The third-order valence-corrected chi connectivity index (χ3v) is 7.53. The van der Waals surface area contributed by atoms with Crippen LogP contribution in [0.1, 0.15) is 38.5 Å². The Morgan fingerprint density at radius 2 is 1.78 bits per heavy atom. The number of anilines is 2. The maximum absolute atomic E-state index is 12.4. The molecule has 7 rings (SSSR count). The molecule has 0 radical (unpaired) electrons. The monoisotopic (exact) mass is 493 g/mol. The molecule has 0 bridgehead atoms. The zero-order chi connectivity index (χ0) is 24.8. The van der Waals surface area contributed by atoms with Gasteiger partial charge in [-0.3, -0.25) is 19.9 Å². The average Bonchev–Trinajstić information content (AvgIpc) is 3.52. The first-order valence-electron chi connectivity index (χ1n) is 12.9. The number of hydrogen-bond donors (Lipinski definition) is 3. The molecule has 0 atom stereocenters. The highest BCUT2D eigenvalue weighted by molar-refractivity contribution is 5.96. The minimum absolute atomic E-state index is 0.0687. The predicted molar refractivity (Wildman–Crippen MR) is 142 cm³/mol. The number of nitrogens with zero attached hydrogens (tertiary/aromatic N) is 6. The number of carbonyl (C=O) groups is 1.